The number of hydrogen-bond donors (Lipinski definition) is 3. The van der Waals surface area contributed by atoms with Gasteiger partial charge >= 0.3 is 5.97 Å². The summed E-state index contributed by atoms with van der Waals surface area (Å²) in [4.78, 5) is 11.0. The van der Waals surface area contributed by atoms with Crippen LogP contribution in [0.15, 0.2) is 24.4 Å². The fraction of sp³-hybridized carbons (Fsp3) is 0.357. The van der Waals surface area contributed by atoms with Gasteiger partial charge in [-0.25, -0.2) is 4.79 Å². The molecule has 1 heterocycles. The van der Waals surface area contributed by atoms with Gasteiger partial charge in [-0.15, -0.1) is 0 Å². The van der Waals surface area contributed by atoms with Gasteiger partial charge < -0.3 is 20.5 Å². The van der Waals surface area contributed by atoms with Crippen LogP contribution in [0.5, 0.6) is 0 Å². The van der Waals surface area contributed by atoms with Gasteiger partial charge in [-0.1, -0.05) is 6.07 Å². The fourth-order valence-electron chi connectivity index (χ4n) is 2.23. The number of aliphatic hydroxyl groups excluding tert-OH is 1. The first-order valence-electron chi connectivity index (χ1n) is 6.28. The maximum Gasteiger partial charge on any atom is 0.335 e. The van der Waals surface area contributed by atoms with E-state index < -0.39 is 12.1 Å². The quantitative estimate of drug-likeness (QED) is 0.765. The number of carboxylic acids is 1. The van der Waals surface area contributed by atoms with Crippen molar-refractivity contribution in [2.75, 3.05) is 6.54 Å². The number of carbonyl (C=O) groups is 1. The zero-order valence-electron chi connectivity index (χ0n) is 10.8. The van der Waals surface area contributed by atoms with E-state index in [0.717, 1.165) is 22.9 Å². The van der Waals surface area contributed by atoms with Crippen LogP contribution in [0, 0.1) is 0 Å². The lowest BCUT2D eigenvalue weighted by Crippen LogP contribution is -2.05. The van der Waals surface area contributed by atoms with E-state index in [9.17, 15) is 9.90 Å². The molecule has 0 saturated heterocycles. The van der Waals surface area contributed by atoms with Crippen LogP contribution in [0.1, 0.15) is 35.4 Å². The van der Waals surface area contributed by atoms with Crippen LogP contribution in [0.2, 0.25) is 0 Å². The van der Waals surface area contributed by atoms with E-state index >= 15 is 0 Å². The first-order chi connectivity index (χ1) is 9.04. The number of hydrogen-bond acceptors (Lipinski definition) is 3. The minimum atomic E-state index is -0.952. The molecule has 0 spiro atoms. The highest BCUT2D eigenvalue weighted by molar-refractivity contribution is 5.94. The molecule has 4 N–H and O–H groups in total. The highest BCUT2D eigenvalue weighted by Gasteiger charge is 2.14. The van der Waals surface area contributed by atoms with E-state index in [1.165, 1.54) is 0 Å². The van der Waals surface area contributed by atoms with Crippen molar-refractivity contribution in [1.29, 1.82) is 0 Å². The van der Waals surface area contributed by atoms with Crippen LogP contribution in [-0.2, 0) is 6.54 Å². The maximum atomic E-state index is 11.0. The Balaban J connectivity index is 2.58. The molecular weight excluding hydrogens is 244 g/mol. The lowest BCUT2D eigenvalue weighted by atomic mass is 10.1. The number of fused-ring (bicyclic) bond motifs is 1. The van der Waals surface area contributed by atoms with Gasteiger partial charge in [0.2, 0.25) is 0 Å². The van der Waals surface area contributed by atoms with E-state index in [0.29, 0.717) is 13.1 Å². The number of carboxylic acid groups (broad SMARTS) is 1. The smallest absolute Gasteiger partial charge is 0.335 e. The van der Waals surface area contributed by atoms with Crippen LogP contribution in [0.3, 0.4) is 0 Å². The van der Waals surface area contributed by atoms with Crippen molar-refractivity contribution in [3.05, 3.63) is 35.5 Å². The summed E-state index contributed by atoms with van der Waals surface area (Å²) in [6.45, 7) is 2.98. The largest absolute Gasteiger partial charge is 0.478 e. The Morgan fingerprint density at radius 3 is 2.79 bits per heavy atom. The van der Waals surface area contributed by atoms with Crippen LogP contribution in [-0.4, -0.2) is 27.3 Å². The van der Waals surface area contributed by atoms with Crippen molar-refractivity contribution < 1.29 is 15.0 Å². The third-order valence-corrected chi connectivity index (χ3v) is 3.21. The van der Waals surface area contributed by atoms with Gasteiger partial charge in [-0.3, -0.25) is 0 Å². The fourth-order valence-corrected chi connectivity index (χ4v) is 2.23. The number of aromatic nitrogens is 1. The maximum absolute atomic E-state index is 11.0. The van der Waals surface area contributed by atoms with Crippen LogP contribution in [0.4, 0.5) is 0 Å². The van der Waals surface area contributed by atoms with E-state index in [1.54, 1.807) is 25.1 Å². The number of rotatable bonds is 5. The molecule has 1 unspecified atom stereocenters. The minimum absolute atomic E-state index is 0.247. The molecule has 19 heavy (non-hydrogen) atoms. The molecule has 0 fully saturated rings. The van der Waals surface area contributed by atoms with Crippen molar-refractivity contribution in [2.24, 2.45) is 5.73 Å². The molecule has 1 atom stereocenters. The molecule has 2 rings (SSSR count). The number of aliphatic hydroxyl groups is 1. The monoisotopic (exact) mass is 262 g/mol. The average Bonchev–Trinajstić information content (AvgIpc) is 2.74. The van der Waals surface area contributed by atoms with Crippen molar-refractivity contribution in [3.8, 4) is 0 Å². The van der Waals surface area contributed by atoms with Crippen molar-refractivity contribution in [2.45, 2.75) is 26.0 Å². The van der Waals surface area contributed by atoms with Gasteiger partial charge in [0.15, 0.2) is 0 Å². The Morgan fingerprint density at radius 1 is 1.47 bits per heavy atom. The molecule has 1 aromatic heterocycles. The average molecular weight is 262 g/mol. The van der Waals surface area contributed by atoms with Gasteiger partial charge in [0.1, 0.15) is 0 Å². The molecule has 0 amide bonds. The molecular formula is C14H18N2O3. The Labute approximate surface area is 111 Å². The van der Waals surface area contributed by atoms with Gasteiger partial charge in [-0.2, -0.15) is 0 Å². The van der Waals surface area contributed by atoms with Crippen molar-refractivity contribution in [1.82, 2.24) is 4.57 Å². The number of nitrogens with two attached hydrogens (primary N) is 1. The molecule has 5 heteroatoms. The summed E-state index contributed by atoms with van der Waals surface area (Å²) in [5, 5.41) is 19.7. The van der Waals surface area contributed by atoms with E-state index in [2.05, 4.69) is 0 Å². The summed E-state index contributed by atoms with van der Waals surface area (Å²) in [6, 6.07) is 4.95. The predicted octanol–water partition coefficient (Wildman–Crippen LogP) is 1.74. The molecule has 0 aliphatic heterocycles. The molecule has 0 saturated carbocycles. The SMILES string of the molecule is CC(O)c1cn(CCCN)c2cc(C(=O)O)ccc12. The summed E-state index contributed by atoms with van der Waals surface area (Å²) in [5.74, 6) is -0.952. The highest BCUT2D eigenvalue weighted by Crippen LogP contribution is 2.27. The molecule has 5 nitrogen and oxygen atoms in total. The number of nitrogens with zero attached hydrogens (tertiary/aromatic N) is 1. The second kappa shape index (κ2) is 5.42. The molecule has 0 aliphatic rings. The lowest BCUT2D eigenvalue weighted by Gasteiger charge is -2.04. The van der Waals surface area contributed by atoms with Crippen LogP contribution < -0.4 is 5.73 Å². The summed E-state index contributed by atoms with van der Waals surface area (Å²) >= 11 is 0. The van der Waals surface area contributed by atoms with E-state index in [4.69, 9.17) is 10.8 Å². The normalized spacial score (nSPS) is 12.8. The summed E-state index contributed by atoms with van der Waals surface area (Å²) in [5.41, 5.74) is 7.39. The van der Waals surface area contributed by atoms with E-state index in [-0.39, 0.29) is 5.56 Å². The second-order valence-corrected chi connectivity index (χ2v) is 4.63. The first kappa shape index (κ1) is 13.6. The molecule has 102 valence electrons. The zero-order chi connectivity index (χ0) is 14.0. The summed E-state index contributed by atoms with van der Waals surface area (Å²) in [6.07, 6.45) is 2.09. The summed E-state index contributed by atoms with van der Waals surface area (Å²) < 4.78 is 1.96. The van der Waals surface area contributed by atoms with Gasteiger partial charge in [0.05, 0.1) is 11.7 Å². The minimum Gasteiger partial charge on any atom is -0.478 e. The second-order valence-electron chi connectivity index (χ2n) is 4.63. The molecule has 0 aliphatic carbocycles. The van der Waals surface area contributed by atoms with Gasteiger partial charge in [0.25, 0.3) is 0 Å². The Hall–Kier alpha value is -1.85. The van der Waals surface area contributed by atoms with Crippen molar-refractivity contribution in [3.63, 3.8) is 0 Å². The predicted molar refractivity (Wildman–Crippen MR) is 73.2 cm³/mol. The van der Waals surface area contributed by atoms with Crippen LogP contribution in [0.25, 0.3) is 10.9 Å². The number of aryl methyl sites for hydroxylation is 1. The Morgan fingerprint density at radius 2 is 2.21 bits per heavy atom. The Kier molecular flexibility index (Phi) is 3.87. The lowest BCUT2D eigenvalue weighted by molar-refractivity contribution is 0.0697. The first-order valence-corrected chi connectivity index (χ1v) is 6.28. The molecule has 2 aromatic rings. The number of aromatic carboxylic acids is 1. The molecule has 0 radical (unpaired) electrons. The topological polar surface area (TPSA) is 88.5 Å². The Bertz CT molecular complexity index is 602. The highest BCUT2D eigenvalue weighted by atomic mass is 16.4. The van der Waals surface area contributed by atoms with Gasteiger partial charge in [0, 0.05) is 29.2 Å². The van der Waals surface area contributed by atoms with Gasteiger partial charge in [-0.05, 0) is 32.0 Å². The van der Waals surface area contributed by atoms with E-state index in [1.807, 2.05) is 10.8 Å². The third kappa shape index (κ3) is 2.62. The third-order valence-electron chi connectivity index (χ3n) is 3.21. The number of benzene rings is 1. The summed E-state index contributed by atoms with van der Waals surface area (Å²) in [7, 11) is 0. The van der Waals surface area contributed by atoms with Crippen molar-refractivity contribution >= 4 is 16.9 Å². The van der Waals surface area contributed by atoms with Crippen LogP contribution >= 0.6 is 0 Å². The standard InChI is InChI=1S/C14H18N2O3/c1-9(17)12-8-16(6-2-5-15)13-7-10(14(18)19)3-4-11(12)13/h3-4,7-9,17H,2,5-6,15H2,1H3,(H,18,19). The molecule has 0 bridgehead atoms. The zero-order valence-corrected chi connectivity index (χ0v) is 10.8. The molecule has 1 aromatic carbocycles.